The second-order valence-corrected chi connectivity index (χ2v) is 5.09. The number of ether oxygens (including phenoxy) is 1. The van der Waals surface area contributed by atoms with Gasteiger partial charge >= 0.3 is 0 Å². The van der Waals surface area contributed by atoms with Crippen LogP contribution in [0.3, 0.4) is 0 Å². The fourth-order valence-corrected chi connectivity index (χ4v) is 1.99. The van der Waals surface area contributed by atoms with Crippen LogP contribution in [0.1, 0.15) is 23.7 Å². The number of anilines is 1. The number of hydrogen-bond acceptors (Lipinski definition) is 3. The Kier molecular flexibility index (Phi) is 6.31. The van der Waals surface area contributed by atoms with E-state index >= 15 is 0 Å². The first-order valence-electron chi connectivity index (χ1n) is 7.65. The van der Waals surface area contributed by atoms with E-state index in [1.165, 1.54) is 24.3 Å². The summed E-state index contributed by atoms with van der Waals surface area (Å²) in [5.74, 6) is -0.637. The standard InChI is InChI=1S/C18H19FN2O3/c1-2-11-20-18(23)15-5-3-4-6-16(15)21-17(22)12-24-14-9-7-13(19)8-10-14/h3-10H,2,11-12H2,1H3,(H,20,23)(H,21,22). The van der Waals surface area contributed by atoms with Crippen molar-refractivity contribution in [2.75, 3.05) is 18.5 Å². The van der Waals surface area contributed by atoms with Gasteiger partial charge in [-0.25, -0.2) is 4.39 Å². The Balaban J connectivity index is 1.96. The molecule has 0 aliphatic heterocycles. The zero-order chi connectivity index (χ0) is 17.4. The van der Waals surface area contributed by atoms with Crippen LogP contribution in [0.2, 0.25) is 0 Å². The van der Waals surface area contributed by atoms with Gasteiger partial charge in [0.2, 0.25) is 0 Å². The van der Waals surface area contributed by atoms with E-state index in [-0.39, 0.29) is 18.3 Å². The van der Waals surface area contributed by atoms with Gasteiger partial charge in [0.1, 0.15) is 11.6 Å². The molecule has 6 heteroatoms. The van der Waals surface area contributed by atoms with Gasteiger partial charge in [0.15, 0.2) is 6.61 Å². The number of halogens is 1. The fraction of sp³-hybridized carbons (Fsp3) is 0.222. The second-order valence-electron chi connectivity index (χ2n) is 5.09. The number of benzene rings is 2. The number of carbonyl (C=O) groups is 2. The summed E-state index contributed by atoms with van der Waals surface area (Å²) in [6.45, 7) is 2.28. The molecule has 0 aliphatic carbocycles. The quantitative estimate of drug-likeness (QED) is 0.820. The van der Waals surface area contributed by atoms with Crippen LogP contribution in [-0.2, 0) is 4.79 Å². The summed E-state index contributed by atoms with van der Waals surface area (Å²) in [6, 6.07) is 12.1. The minimum atomic E-state index is -0.407. The van der Waals surface area contributed by atoms with Crippen LogP contribution in [0.25, 0.3) is 0 Å². The van der Waals surface area contributed by atoms with Crippen LogP contribution < -0.4 is 15.4 Å². The molecule has 0 radical (unpaired) electrons. The molecule has 0 unspecified atom stereocenters. The summed E-state index contributed by atoms with van der Waals surface area (Å²) in [6.07, 6.45) is 0.825. The van der Waals surface area contributed by atoms with Crippen molar-refractivity contribution in [2.24, 2.45) is 0 Å². The van der Waals surface area contributed by atoms with Crippen LogP contribution in [0.4, 0.5) is 10.1 Å². The number of nitrogens with one attached hydrogen (secondary N) is 2. The van der Waals surface area contributed by atoms with Gasteiger partial charge in [0, 0.05) is 6.54 Å². The minimum Gasteiger partial charge on any atom is -0.484 e. The molecule has 0 heterocycles. The number of carbonyl (C=O) groups excluding carboxylic acids is 2. The molecule has 2 aromatic carbocycles. The molecule has 2 N–H and O–H groups in total. The Morgan fingerprint density at radius 1 is 1.08 bits per heavy atom. The molecule has 2 amide bonds. The van der Waals surface area contributed by atoms with E-state index in [2.05, 4.69) is 10.6 Å². The fourth-order valence-electron chi connectivity index (χ4n) is 1.99. The smallest absolute Gasteiger partial charge is 0.262 e. The van der Waals surface area contributed by atoms with E-state index in [1.54, 1.807) is 24.3 Å². The molecule has 0 atom stereocenters. The molecule has 0 fully saturated rings. The number of para-hydroxylation sites is 1. The summed E-state index contributed by atoms with van der Waals surface area (Å²) in [4.78, 5) is 24.1. The highest BCUT2D eigenvalue weighted by atomic mass is 19.1. The Bertz CT molecular complexity index is 702. The monoisotopic (exact) mass is 330 g/mol. The van der Waals surface area contributed by atoms with Gasteiger partial charge in [-0.1, -0.05) is 19.1 Å². The van der Waals surface area contributed by atoms with Gasteiger partial charge in [0.05, 0.1) is 11.3 Å². The molecule has 0 spiro atoms. The summed E-state index contributed by atoms with van der Waals surface area (Å²) >= 11 is 0. The predicted molar refractivity (Wildman–Crippen MR) is 89.6 cm³/mol. The lowest BCUT2D eigenvalue weighted by Crippen LogP contribution is -2.27. The van der Waals surface area contributed by atoms with Crippen molar-refractivity contribution in [3.8, 4) is 5.75 Å². The second kappa shape index (κ2) is 8.67. The van der Waals surface area contributed by atoms with Gasteiger partial charge in [-0.05, 0) is 42.8 Å². The van der Waals surface area contributed by atoms with Gasteiger partial charge in [-0.3, -0.25) is 9.59 Å². The third-order valence-corrected chi connectivity index (χ3v) is 3.16. The zero-order valence-corrected chi connectivity index (χ0v) is 13.3. The lowest BCUT2D eigenvalue weighted by atomic mass is 10.1. The Hall–Kier alpha value is -2.89. The van der Waals surface area contributed by atoms with E-state index in [4.69, 9.17) is 4.74 Å². The third kappa shape index (κ3) is 5.08. The van der Waals surface area contributed by atoms with Crippen LogP contribution >= 0.6 is 0 Å². The Morgan fingerprint density at radius 3 is 2.50 bits per heavy atom. The average Bonchev–Trinajstić information content (AvgIpc) is 2.59. The minimum absolute atomic E-state index is 0.240. The van der Waals surface area contributed by atoms with Crippen LogP contribution in [-0.4, -0.2) is 25.0 Å². The van der Waals surface area contributed by atoms with Gasteiger partial charge in [-0.2, -0.15) is 0 Å². The first-order valence-corrected chi connectivity index (χ1v) is 7.65. The average molecular weight is 330 g/mol. The van der Waals surface area contributed by atoms with Crippen molar-refractivity contribution < 1.29 is 18.7 Å². The SMILES string of the molecule is CCCNC(=O)c1ccccc1NC(=O)COc1ccc(F)cc1. The van der Waals surface area contributed by atoms with Crippen molar-refractivity contribution in [3.05, 3.63) is 59.9 Å². The molecule has 0 bridgehead atoms. The maximum absolute atomic E-state index is 12.8. The van der Waals surface area contributed by atoms with Crippen molar-refractivity contribution >= 4 is 17.5 Å². The number of amides is 2. The van der Waals surface area contributed by atoms with E-state index in [0.29, 0.717) is 23.5 Å². The summed E-state index contributed by atoms with van der Waals surface area (Å²) < 4.78 is 18.1. The largest absolute Gasteiger partial charge is 0.484 e. The summed E-state index contributed by atoms with van der Waals surface area (Å²) in [5.41, 5.74) is 0.805. The number of hydrogen-bond donors (Lipinski definition) is 2. The number of rotatable bonds is 7. The molecule has 2 aromatic rings. The lowest BCUT2D eigenvalue weighted by molar-refractivity contribution is -0.118. The lowest BCUT2D eigenvalue weighted by Gasteiger charge is -2.11. The van der Waals surface area contributed by atoms with Crippen molar-refractivity contribution in [3.63, 3.8) is 0 Å². The normalized spacial score (nSPS) is 10.1. The Morgan fingerprint density at radius 2 is 1.79 bits per heavy atom. The molecule has 0 saturated carbocycles. The van der Waals surface area contributed by atoms with E-state index in [0.717, 1.165) is 6.42 Å². The molecule has 126 valence electrons. The van der Waals surface area contributed by atoms with Crippen molar-refractivity contribution in [1.29, 1.82) is 0 Å². The first-order chi connectivity index (χ1) is 11.6. The topological polar surface area (TPSA) is 67.4 Å². The highest BCUT2D eigenvalue weighted by Crippen LogP contribution is 2.15. The zero-order valence-electron chi connectivity index (χ0n) is 13.3. The Labute approximate surface area is 139 Å². The van der Waals surface area contributed by atoms with Crippen molar-refractivity contribution in [2.45, 2.75) is 13.3 Å². The maximum atomic E-state index is 12.8. The molecule has 2 rings (SSSR count). The van der Waals surface area contributed by atoms with E-state index in [9.17, 15) is 14.0 Å². The van der Waals surface area contributed by atoms with Crippen molar-refractivity contribution in [1.82, 2.24) is 5.32 Å². The highest BCUT2D eigenvalue weighted by molar-refractivity contribution is 6.04. The molecule has 24 heavy (non-hydrogen) atoms. The van der Waals surface area contributed by atoms with E-state index in [1.807, 2.05) is 6.92 Å². The van der Waals surface area contributed by atoms with Crippen LogP contribution in [0.15, 0.2) is 48.5 Å². The van der Waals surface area contributed by atoms with Gasteiger partial charge in [0.25, 0.3) is 11.8 Å². The molecular formula is C18H19FN2O3. The molecule has 0 aromatic heterocycles. The highest BCUT2D eigenvalue weighted by Gasteiger charge is 2.12. The molecule has 5 nitrogen and oxygen atoms in total. The maximum Gasteiger partial charge on any atom is 0.262 e. The van der Waals surface area contributed by atoms with E-state index < -0.39 is 5.91 Å². The molecule has 0 aliphatic rings. The molecule has 0 saturated heterocycles. The third-order valence-electron chi connectivity index (χ3n) is 3.16. The first kappa shape index (κ1) is 17.5. The van der Waals surface area contributed by atoms with Gasteiger partial charge in [-0.15, -0.1) is 0 Å². The summed E-state index contributed by atoms with van der Waals surface area (Å²) in [7, 11) is 0. The summed E-state index contributed by atoms with van der Waals surface area (Å²) in [5, 5.41) is 5.42. The predicted octanol–water partition coefficient (Wildman–Crippen LogP) is 2.98. The van der Waals surface area contributed by atoms with Crippen LogP contribution in [0.5, 0.6) is 5.75 Å². The molecular weight excluding hydrogens is 311 g/mol. The van der Waals surface area contributed by atoms with Gasteiger partial charge < -0.3 is 15.4 Å². The van der Waals surface area contributed by atoms with Crippen LogP contribution in [0, 0.1) is 5.82 Å².